The Morgan fingerprint density at radius 1 is 0.972 bits per heavy atom. The van der Waals surface area contributed by atoms with Gasteiger partial charge in [-0.15, -0.1) is 0 Å². The molecule has 1 aromatic heterocycles. The number of piperidine rings is 1. The highest BCUT2D eigenvalue weighted by Crippen LogP contribution is 2.38. The molecule has 3 N–H and O–H groups in total. The lowest BCUT2D eigenvalue weighted by molar-refractivity contribution is -0.134. The van der Waals surface area contributed by atoms with E-state index in [0.29, 0.717) is 36.1 Å². The lowest BCUT2D eigenvalue weighted by Crippen LogP contribution is -2.60. The zero-order chi connectivity index (χ0) is 26.8. The van der Waals surface area contributed by atoms with E-state index in [9.17, 15) is 14.7 Å². The van der Waals surface area contributed by atoms with Gasteiger partial charge in [0.1, 0.15) is 12.7 Å². The van der Waals surface area contributed by atoms with Gasteiger partial charge in [0.2, 0.25) is 5.88 Å². The molecule has 1 aliphatic rings. The SMILES string of the molecule is CC1(C)CCCC(C)(C)N1CC(O)COc1ccccc1Oc1ccccn1.O=C(O)C=CC(=O)O. The number of ether oxygens (including phenoxy) is 2. The molecule has 36 heavy (non-hydrogen) atoms. The van der Waals surface area contributed by atoms with Crippen molar-refractivity contribution in [2.75, 3.05) is 13.2 Å². The average Bonchev–Trinajstić information content (AvgIpc) is 2.80. The molecule has 1 fully saturated rings. The highest BCUT2D eigenvalue weighted by atomic mass is 16.5. The molecule has 1 atom stereocenters. The first-order chi connectivity index (χ1) is 16.9. The number of rotatable bonds is 9. The molecular weight excluding hydrogens is 464 g/mol. The van der Waals surface area contributed by atoms with Crippen LogP contribution in [0.15, 0.2) is 60.8 Å². The Bertz CT molecular complexity index is 990. The number of aliphatic hydroxyl groups excluding tert-OH is 1. The Morgan fingerprint density at radius 3 is 2.06 bits per heavy atom. The van der Waals surface area contributed by atoms with Gasteiger partial charge >= 0.3 is 11.9 Å². The maximum Gasteiger partial charge on any atom is 0.328 e. The fourth-order valence-corrected chi connectivity index (χ4v) is 4.30. The number of hydrogen-bond acceptors (Lipinski definition) is 7. The van der Waals surface area contributed by atoms with E-state index in [0.717, 1.165) is 12.8 Å². The number of aromatic nitrogens is 1. The van der Waals surface area contributed by atoms with Crippen LogP contribution in [0.5, 0.6) is 17.4 Å². The number of benzene rings is 1. The van der Waals surface area contributed by atoms with Crippen molar-refractivity contribution in [2.24, 2.45) is 0 Å². The summed E-state index contributed by atoms with van der Waals surface area (Å²) >= 11 is 0. The first-order valence-electron chi connectivity index (χ1n) is 11.8. The number of aliphatic hydroxyl groups is 1. The molecule has 0 bridgehead atoms. The number of likely N-dealkylation sites (tertiary alicyclic amines) is 1. The third-order valence-electron chi connectivity index (χ3n) is 5.93. The van der Waals surface area contributed by atoms with Crippen molar-refractivity contribution in [1.82, 2.24) is 9.88 Å². The molecule has 1 unspecified atom stereocenters. The number of aliphatic carboxylic acids is 2. The maximum atomic E-state index is 10.7. The summed E-state index contributed by atoms with van der Waals surface area (Å²) in [5.74, 6) is -0.813. The second-order valence-corrected chi connectivity index (χ2v) is 9.78. The van der Waals surface area contributed by atoms with Gasteiger partial charge < -0.3 is 24.8 Å². The summed E-state index contributed by atoms with van der Waals surface area (Å²) in [6, 6.07) is 13.0. The third kappa shape index (κ3) is 9.31. The quantitative estimate of drug-likeness (QED) is 0.430. The topological polar surface area (TPSA) is 129 Å². The van der Waals surface area contributed by atoms with E-state index >= 15 is 0 Å². The second kappa shape index (κ2) is 13.0. The Kier molecular flexibility index (Phi) is 10.4. The number of β-amino-alcohol motifs (C(OH)–C–C–N with tert-alkyl or cyclic N) is 1. The van der Waals surface area contributed by atoms with E-state index in [4.69, 9.17) is 19.7 Å². The van der Waals surface area contributed by atoms with Gasteiger partial charge in [0.25, 0.3) is 0 Å². The monoisotopic (exact) mass is 500 g/mol. The molecule has 0 amide bonds. The molecule has 3 rings (SSSR count). The van der Waals surface area contributed by atoms with E-state index in [2.05, 4.69) is 37.6 Å². The van der Waals surface area contributed by atoms with Gasteiger partial charge in [0, 0.05) is 42.0 Å². The van der Waals surface area contributed by atoms with Crippen LogP contribution < -0.4 is 9.47 Å². The Hall–Kier alpha value is -3.43. The van der Waals surface area contributed by atoms with Crippen molar-refractivity contribution >= 4 is 11.9 Å². The summed E-state index contributed by atoms with van der Waals surface area (Å²) in [7, 11) is 0. The molecule has 9 heteroatoms. The van der Waals surface area contributed by atoms with Gasteiger partial charge in [-0.05, 0) is 65.2 Å². The molecule has 1 aromatic carbocycles. The normalized spacial score (nSPS) is 17.5. The van der Waals surface area contributed by atoms with Crippen LogP contribution in [0.1, 0.15) is 47.0 Å². The van der Waals surface area contributed by atoms with Crippen molar-refractivity contribution in [3.05, 3.63) is 60.8 Å². The molecule has 2 aromatic rings. The molecule has 1 saturated heterocycles. The molecule has 0 saturated carbocycles. The van der Waals surface area contributed by atoms with Crippen LogP contribution in [-0.4, -0.2) is 67.5 Å². The van der Waals surface area contributed by atoms with Crippen LogP contribution in [0, 0.1) is 0 Å². The summed E-state index contributed by atoms with van der Waals surface area (Å²) in [5.41, 5.74) is 0.144. The van der Waals surface area contributed by atoms with E-state index < -0.39 is 18.0 Å². The van der Waals surface area contributed by atoms with Crippen LogP contribution in [0.4, 0.5) is 0 Å². The van der Waals surface area contributed by atoms with Crippen molar-refractivity contribution in [1.29, 1.82) is 0 Å². The fraction of sp³-hybridized carbons (Fsp3) is 0.444. The molecular formula is C27H36N2O7. The van der Waals surface area contributed by atoms with Crippen LogP contribution in [0.2, 0.25) is 0 Å². The van der Waals surface area contributed by atoms with Gasteiger partial charge in [0.15, 0.2) is 11.5 Å². The molecule has 0 spiro atoms. The zero-order valence-corrected chi connectivity index (χ0v) is 21.3. The Labute approximate surface area is 212 Å². The number of hydrogen-bond donors (Lipinski definition) is 3. The lowest BCUT2D eigenvalue weighted by Gasteiger charge is -2.53. The minimum atomic E-state index is -1.26. The fourth-order valence-electron chi connectivity index (χ4n) is 4.30. The van der Waals surface area contributed by atoms with Gasteiger partial charge in [-0.2, -0.15) is 0 Å². The minimum Gasteiger partial charge on any atom is -0.487 e. The van der Waals surface area contributed by atoms with Gasteiger partial charge in [-0.25, -0.2) is 14.6 Å². The van der Waals surface area contributed by atoms with Crippen LogP contribution in [0.3, 0.4) is 0 Å². The van der Waals surface area contributed by atoms with Crippen molar-refractivity contribution < 1.29 is 34.4 Å². The van der Waals surface area contributed by atoms with E-state index in [1.54, 1.807) is 12.3 Å². The predicted molar refractivity (Wildman–Crippen MR) is 135 cm³/mol. The first kappa shape index (κ1) is 28.8. The van der Waals surface area contributed by atoms with Crippen molar-refractivity contribution in [3.8, 4) is 17.4 Å². The van der Waals surface area contributed by atoms with Crippen LogP contribution in [0.25, 0.3) is 0 Å². The lowest BCUT2D eigenvalue weighted by atomic mass is 9.79. The smallest absolute Gasteiger partial charge is 0.328 e. The number of nitrogens with zero attached hydrogens (tertiary/aromatic N) is 2. The molecule has 0 radical (unpaired) electrons. The third-order valence-corrected chi connectivity index (χ3v) is 5.93. The van der Waals surface area contributed by atoms with Crippen LogP contribution >= 0.6 is 0 Å². The summed E-state index contributed by atoms with van der Waals surface area (Å²) < 4.78 is 11.7. The molecule has 2 heterocycles. The van der Waals surface area contributed by atoms with Gasteiger partial charge in [0.05, 0.1) is 0 Å². The zero-order valence-electron chi connectivity index (χ0n) is 21.3. The number of carboxylic acid groups (broad SMARTS) is 2. The minimum absolute atomic E-state index is 0.0721. The Morgan fingerprint density at radius 2 is 1.53 bits per heavy atom. The highest BCUT2D eigenvalue weighted by Gasteiger charge is 2.41. The van der Waals surface area contributed by atoms with Crippen molar-refractivity contribution in [3.63, 3.8) is 0 Å². The van der Waals surface area contributed by atoms with E-state index in [1.165, 1.54) is 6.42 Å². The van der Waals surface area contributed by atoms with Gasteiger partial charge in [-0.3, -0.25) is 4.90 Å². The molecule has 1 aliphatic heterocycles. The molecule has 0 aliphatic carbocycles. The van der Waals surface area contributed by atoms with E-state index in [1.807, 2.05) is 36.4 Å². The Balaban J connectivity index is 0.000000493. The molecule has 196 valence electrons. The number of pyridine rings is 1. The maximum absolute atomic E-state index is 10.7. The van der Waals surface area contributed by atoms with Gasteiger partial charge in [-0.1, -0.05) is 18.2 Å². The average molecular weight is 501 g/mol. The number of carboxylic acids is 2. The predicted octanol–water partition coefficient (Wildman–Crippen LogP) is 4.37. The van der Waals surface area contributed by atoms with E-state index in [-0.39, 0.29) is 17.7 Å². The van der Waals surface area contributed by atoms with Crippen molar-refractivity contribution in [2.45, 2.75) is 64.1 Å². The summed E-state index contributed by atoms with van der Waals surface area (Å²) in [5, 5.41) is 26.3. The summed E-state index contributed by atoms with van der Waals surface area (Å²) in [4.78, 5) is 25.7. The summed E-state index contributed by atoms with van der Waals surface area (Å²) in [6.45, 7) is 9.85. The summed E-state index contributed by atoms with van der Waals surface area (Å²) in [6.07, 6.45) is 5.73. The number of para-hydroxylation sites is 2. The van der Waals surface area contributed by atoms with Crippen LogP contribution in [-0.2, 0) is 9.59 Å². The largest absolute Gasteiger partial charge is 0.487 e. The number of carbonyl (C=O) groups is 2. The first-order valence-corrected chi connectivity index (χ1v) is 11.8. The standard InChI is InChI=1S/C23H32N2O3.C4H4O4/c1-22(2)13-9-14-23(3,4)25(22)16-18(26)17-27-19-10-5-6-11-20(19)28-21-12-7-8-15-24-21;5-3(6)1-2-4(7)8/h5-8,10-12,15,18,26H,9,13-14,16-17H2,1-4H3;1-2H,(H,5,6)(H,7,8). The second-order valence-electron chi connectivity index (χ2n) is 9.78. The molecule has 9 nitrogen and oxygen atoms in total. The highest BCUT2D eigenvalue weighted by molar-refractivity contribution is 5.89.